The van der Waals surface area contributed by atoms with E-state index in [4.69, 9.17) is 4.99 Å². The van der Waals surface area contributed by atoms with E-state index in [2.05, 4.69) is 18.8 Å². The molecule has 1 rings (SSSR count). The van der Waals surface area contributed by atoms with Gasteiger partial charge in [0, 0.05) is 13.3 Å². The third-order valence-corrected chi connectivity index (χ3v) is 6.20. The Morgan fingerprint density at radius 2 is 1.61 bits per heavy atom. The summed E-state index contributed by atoms with van der Waals surface area (Å²) in [6.07, 6.45) is 19.4. The number of carbonyl (C=O) groups is 1. The Morgan fingerprint density at radius 3 is 2.14 bits per heavy atom. The Labute approximate surface area is 174 Å². The smallest absolute Gasteiger partial charge is 0.217 e. The van der Waals surface area contributed by atoms with Gasteiger partial charge in [-0.25, -0.2) is 4.99 Å². The number of nitrogens with zero attached hydrogens (tertiary/aromatic N) is 2. The molecular weight excluding hydrogens is 346 g/mol. The van der Waals surface area contributed by atoms with Crippen molar-refractivity contribution in [3.05, 3.63) is 12.7 Å². The first-order valence-electron chi connectivity index (χ1n) is 11.9. The van der Waals surface area contributed by atoms with Crippen molar-refractivity contribution in [1.82, 2.24) is 5.32 Å². The molecule has 1 aliphatic rings. The summed E-state index contributed by atoms with van der Waals surface area (Å²) in [5, 5.41) is 2.96. The molecule has 1 atom stereocenters. The van der Waals surface area contributed by atoms with E-state index < -0.39 is 0 Å². The van der Waals surface area contributed by atoms with Crippen LogP contribution in [-0.4, -0.2) is 48.9 Å². The summed E-state index contributed by atoms with van der Waals surface area (Å²) in [6.45, 7) is 12.5. The minimum Gasteiger partial charge on any atom is -0.351 e. The van der Waals surface area contributed by atoms with Gasteiger partial charge in [0.15, 0.2) is 5.84 Å². The molecule has 1 heterocycles. The molecule has 4 nitrogen and oxygen atoms in total. The number of hydrogen-bond donors (Lipinski definition) is 1. The maximum Gasteiger partial charge on any atom is 0.217 e. The summed E-state index contributed by atoms with van der Waals surface area (Å²) in [4.78, 5) is 16.0. The number of rotatable bonds is 18. The molecule has 0 radical (unpaired) electrons. The average molecular weight is 393 g/mol. The number of hydrogen-bond acceptors (Lipinski definition) is 2. The van der Waals surface area contributed by atoms with Crippen LogP contribution in [0.5, 0.6) is 0 Å². The number of unbranched alkanes of at least 4 members (excludes halogenated alkanes) is 11. The maximum absolute atomic E-state index is 11.1. The molecule has 0 saturated carbocycles. The molecule has 0 fully saturated rings. The Bertz CT molecular complexity index is 461. The van der Waals surface area contributed by atoms with Gasteiger partial charge in [0.05, 0.1) is 19.6 Å². The molecular formula is C24H46N3O+. The summed E-state index contributed by atoms with van der Waals surface area (Å²) in [5.74, 6) is 1.45. The maximum atomic E-state index is 11.1. The number of nitrogens with one attached hydrogen (secondary N) is 1. The second-order valence-corrected chi connectivity index (χ2v) is 8.41. The molecule has 162 valence electrons. The first-order valence-corrected chi connectivity index (χ1v) is 11.9. The van der Waals surface area contributed by atoms with Gasteiger partial charge >= 0.3 is 0 Å². The van der Waals surface area contributed by atoms with Crippen molar-refractivity contribution >= 4 is 11.7 Å². The molecule has 0 aromatic rings. The van der Waals surface area contributed by atoms with E-state index in [0.29, 0.717) is 0 Å². The number of carbonyl (C=O) groups excluding carboxylic acids is 1. The summed E-state index contributed by atoms with van der Waals surface area (Å²) < 4.78 is 0.993. The fourth-order valence-electron chi connectivity index (χ4n) is 4.31. The first kappa shape index (κ1) is 24.9. The van der Waals surface area contributed by atoms with Crippen molar-refractivity contribution in [2.45, 2.75) is 97.3 Å². The lowest BCUT2D eigenvalue weighted by Gasteiger charge is -2.33. The summed E-state index contributed by atoms with van der Waals surface area (Å²) in [6, 6.07) is 0. The Morgan fingerprint density at radius 1 is 1.04 bits per heavy atom. The van der Waals surface area contributed by atoms with Crippen LogP contribution in [0.15, 0.2) is 17.6 Å². The zero-order valence-electron chi connectivity index (χ0n) is 18.8. The summed E-state index contributed by atoms with van der Waals surface area (Å²) in [5.41, 5.74) is 0. The fraction of sp³-hybridized carbons (Fsp3) is 0.833. The summed E-state index contributed by atoms with van der Waals surface area (Å²) in [7, 11) is 0. The minimum absolute atomic E-state index is 0.0691. The van der Waals surface area contributed by atoms with Gasteiger partial charge in [-0.3, -0.25) is 9.28 Å². The zero-order valence-corrected chi connectivity index (χ0v) is 18.8. The molecule has 1 unspecified atom stereocenters. The largest absolute Gasteiger partial charge is 0.351 e. The lowest BCUT2D eigenvalue weighted by atomic mass is 10.0. The second-order valence-electron chi connectivity index (χ2n) is 8.41. The normalized spacial score (nSPS) is 18.9. The number of amidine groups is 1. The van der Waals surface area contributed by atoms with Crippen LogP contribution >= 0.6 is 0 Å². The quantitative estimate of drug-likeness (QED) is 0.183. The average Bonchev–Trinajstić information content (AvgIpc) is 3.08. The number of likely N-dealkylation sites (N-methyl/N-ethyl adjacent to an activating group) is 1. The predicted molar refractivity (Wildman–Crippen MR) is 122 cm³/mol. The number of quaternary nitrogens is 1. The van der Waals surface area contributed by atoms with Gasteiger partial charge in [0.25, 0.3) is 0 Å². The van der Waals surface area contributed by atoms with Crippen LogP contribution in [0.3, 0.4) is 0 Å². The van der Waals surface area contributed by atoms with E-state index >= 15 is 0 Å². The molecule has 4 heteroatoms. The predicted octanol–water partition coefficient (Wildman–Crippen LogP) is 5.63. The van der Waals surface area contributed by atoms with Crippen LogP contribution in [0.25, 0.3) is 0 Å². The van der Waals surface area contributed by atoms with Gasteiger partial charge in [0.2, 0.25) is 5.91 Å². The van der Waals surface area contributed by atoms with Crippen LogP contribution in [0.2, 0.25) is 0 Å². The molecule has 0 bridgehead atoms. The standard InChI is InChI=1S/C24H45N3O/c1-4-6-7-8-9-10-11-12-13-14-15-16-17-18-24-26-20-22-27(24,5-2)21-19-25-23(3)28/h4H,1,5-22H2,2-3H3/p+1. The topological polar surface area (TPSA) is 41.5 Å². The van der Waals surface area contributed by atoms with Crippen molar-refractivity contribution in [2.75, 3.05) is 32.7 Å². The van der Waals surface area contributed by atoms with E-state index in [9.17, 15) is 4.79 Å². The third kappa shape index (κ3) is 10.4. The van der Waals surface area contributed by atoms with Gasteiger partial charge in [-0.1, -0.05) is 63.9 Å². The van der Waals surface area contributed by atoms with Gasteiger partial charge in [-0.15, -0.1) is 6.58 Å². The van der Waals surface area contributed by atoms with Crippen LogP contribution in [0.1, 0.15) is 97.3 Å². The fourth-order valence-corrected chi connectivity index (χ4v) is 4.31. The molecule has 1 aliphatic heterocycles. The molecule has 1 amide bonds. The van der Waals surface area contributed by atoms with Crippen molar-refractivity contribution in [3.8, 4) is 0 Å². The molecule has 0 aliphatic carbocycles. The second kappa shape index (κ2) is 15.7. The Balaban J connectivity index is 2.04. The highest BCUT2D eigenvalue weighted by molar-refractivity contribution is 5.77. The molecule has 1 N–H and O–H groups in total. The third-order valence-electron chi connectivity index (χ3n) is 6.20. The molecule has 0 saturated heterocycles. The highest BCUT2D eigenvalue weighted by Crippen LogP contribution is 2.20. The molecule has 0 aromatic heterocycles. The number of allylic oxidation sites excluding steroid dienone is 1. The monoisotopic (exact) mass is 392 g/mol. The van der Waals surface area contributed by atoms with E-state index in [1.165, 1.54) is 82.9 Å². The summed E-state index contributed by atoms with van der Waals surface area (Å²) >= 11 is 0. The molecule has 0 aromatic carbocycles. The van der Waals surface area contributed by atoms with Crippen LogP contribution in [0, 0.1) is 0 Å². The lowest BCUT2D eigenvalue weighted by Crippen LogP contribution is -2.54. The van der Waals surface area contributed by atoms with E-state index in [-0.39, 0.29) is 5.91 Å². The van der Waals surface area contributed by atoms with Gasteiger partial charge in [0.1, 0.15) is 13.1 Å². The van der Waals surface area contributed by atoms with Crippen LogP contribution in [-0.2, 0) is 4.79 Å². The van der Waals surface area contributed by atoms with Gasteiger partial charge in [-0.05, 0) is 26.2 Å². The van der Waals surface area contributed by atoms with E-state index in [1.807, 2.05) is 6.08 Å². The van der Waals surface area contributed by atoms with Crippen LogP contribution < -0.4 is 5.32 Å². The van der Waals surface area contributed by atoms with E-state index in [1.54, 1.807) is 6.92 Å². The number of amides is 1. The molecule has 0 spiro atoms. The van der Waals surface area contributed by atoms with E-state index in [0.717, 1.165) is 43.6 Å². The van der Waals surface area contributed by atoms with Gasteiger partial charge < -0.3 is 5.32 Å². The van der Waals surface area contributed by atoms with Crippen molar-refractivity contribution < 1.29 is 9.28 Å². The highest BCUT2D eigenvalue weighted by atomic mass is 16.1. The Kier molecular flexibility index (Phi) is 14.0. The lowest BCUT2D eigenvalue weighted by molar-refractivity contribution is -0.833. The highest BCUT2D eigenvalue weighted by Gasteiger charge is 2.35. The van der Waals surface area contributed by atoms with Gasteiger partial charge in [-0.2, -0.15) is 0 Å². The minimum atomic E-state index is 0.0691. The van der Waals surface area contributed by atoms with Crippen LogP contribution in [0.4, 0.5) is 0 Å². The number of aliphatic imine (C=N–C) groups is 1. The first-order chi connectivity index (χ1) is 13.6. The zero-order chi connectivity index (χ0) is 20.5. The van der Waals surface area contributed by atoms with Crippen molar-refractivity contribution in [3.63, 3.8) is 0 Å². The molecule has 28 heavy (non-hydrogen) atoms. The SMILES string of the molecule is C=CCCCCCCCCCCCCCC1=NCC[N+]1(CC)CCNC(C)=O. The van der Waals surface area contributed by atoms with Crippen molar-refractivity contribution in [1.29, 1.82) is 0 Å². The van der Waals surface area contributed by atoms with Crippen molar-refractivity contribution in [2.24, 2.45) is 4.99 Å². The Hall–Kier alpha value is -1.16.